The Bertz CT molecular complexity index is 718. The molecular weight excluding hydrogens is 324 g/mol. The highest BCUT2D eigenvalue weighted by Crippen LogP contribution is 2.28. The lowest BCUT2D eigenvalue weighted by atomic mass is 10.1. The summed E-state index contributed by atoms with van der Waals surface area (Å²) in [4.78, 5) is 10.2. The van der Waals surface area contributed by atoms with Crippen LogP contribution in [0.2, 0.25) is 0 Å². The Morgan fingerprint density at radius 1 is 1.24 bits per heavy atom. The van der Waals surface area contributed by atoms with Gasteiger partial charge in [-0.15, -0.1) is 0 Å². The van der Waals surface area contributed by atoms with E-state index in [0.717, 1.165) is 17.7 Å². The van der Waals surface area contributed by atoms with Crippen LogP contribution in [0.15, 0.2) is 42.5 Å². The van der Waals surface area contributed by atoms with Gasteiger partial charge in [0.05, 0.1) is 18.1 Å². The number of aromatic hydroxyl groups is 1. The van der Waals surface area contributed by atoms with Crippen LogP contribution >= 0.6 is 0 Å². The number of ether oxygens (including phenoxy) is 1. The Kier molecular flexibility index (Phi) is 6.32. The molecule has 0 aromatic heterocycles. The first-order chi connectivity index (χ1) is 11.9. The Labute approximate surface area is 146 Å². The summed E-state index contributed by atoms with van der Waals surface area (Å²) in [5, 5.41) is 33.7. The fraction of sp³-hybridized carbons (Fsp3) is 0.333. The second-order valence-electron chi connectivity index (χ2n) is 5.88. The van der Waals surface area contributed by atoms with Crippen LogP contribution in [0, 0.1) is 10.1 Å². The van der Waals surface area contributed by atoms with Gasteiger partial charge >= 0.3 is 5.69 Å². The average molecular weight is 346 g/mol. The third-order valence-corrected chi connectivity index (χ3v) is 3.94. The summed E-state index contributed by atoms with van der Waals surface area (Å²) in [7, 11) is 1.62. The highest BCUT2D eigenvalue weighted by molar-refractivity contribution is 5.48. The van der Waals surface area contributed by atoms with Gasteiger partial charge in [0.1, 0.15) is 5.75 Å². The van der Waals surface area contributed by atoms with Crippen LogP contribution in [-0.2, 0) is 6.42 Å². The molecule has 134 valence electrons. The number of phenolic OH excluding ortho intramolecular Hbond substituents is 1. The molecule has 2 aromatic rings. The molecule has 0 heterocycles. The van der Waals surface area contributed by atoms with Crippen LogP contribution in [0.4, 0.5) is 5.69 Å². The number of phenols is 1. The first-order valence-electron chi connectivity index (χ1n) is 7.92. The van der Waals surface area contributed by atoms with E-state index in [1.807, 2.05) is 31.2 Å². The molecule has 0 spiro atoms. The lowest BCUT2D eigenvalue weighted by Gasteiger charge is -2.18. The molecule has 7 heteroatoms. The molecule has 0 amide bonds. The van der Waals surface area contributed by atoms with E-state index in [1.165, 1.54) is 18.2 Å². The molecule has 0 aliphatic rings. The van der Waals surface area contributed by atoms with Gasteiger partial charge in [-0.1, -0.05) is 18.2 Å². The minimum atomic E-state index is -0.905. The second-order valence-corrected chi connectivity index (χ2v) is 5.88. The van der Waals surface area contributed by atoms with Gasteiger partial charge in [-0.2, -0.15) is 0 Å². The maximum atomic E-state index is 10.9. The molecule has 0 unspecified atom stereocenters. The predicted octanol–water partition coefficient (Wildman–Crippen LogP) is 2.56. The maximum Gasteiger partial charge on any atom is 0.311 e. The standard InChI is InChI=1S/C18H22N2O5/c1-12(9-13-3-6-15(25-2)7-4-13)19-11-18(22)14-5-8-17(21)16(10-14)20(23)24/h3-8,10,12,18-19,21-22H,9,11H2,1-2H3/t12-,18+/m1/s1. The molecule has 2 rings (SSSR count). The number of rotatable bonds is 8. The first kappa shape index (κ1) is 18.7. The fourth-order valence-corrected chi connectivity index (χ4v) is 2.51. The van der Waals surface area contributed by atoms with Gasteiger partial charge in [0.15, 0.2) is 5.75 Å². The monoisotopic (exact) mass is 346 g/mol. The van der Waals surface area contributed by atoms with Gasteiger partial charge in [-0.05, 0) is 42.7 Å². The number of nitrogens with zero attached hydrogens (tertiary/aromatic N) is 1. The summed E-state index contributed by atoms with van der Waals surface area (Å²) < 4.78 is 5.12. The SMILES string of the molecule is COc1ccc(C[C@@H](C)NC[C@H](O)c2ccc(O)c([N+](=O)[O-])c2)cc1. The number of hydrogen-bond acceptors (Lipinski definition) is 6. The van der Waals surface area contributed by atoms with Gasteiger partial charge < -0.3 is 20.3 Å². The molecule has 0 fully saturated rings. The largest absolute Gasteiger partial charge is 0.502 e. The van der Waals surface area contributed by atoms with Crippen LogP contribution < -0.4 is 10.1 Å². The summed E-state index contributed by atoms with van der Waals surface area (Å²) >= 11 is 0. The van der Waals surface area contributed by atoms with Crippen molar-refractivity contribution >= 4 is 5.69 Å². The van der Waals surface area contributed by atoms with Crippen LogP contribution in [0.25, 0.3) is 0 Å². The predicted molar refractivity (Wildman–Crippen MR) is 93.9 cm³/mol. The first-order valence-corrected chi connectivity index (χ1v) is 7.92. The molecule has 25 heavy (non-hydrogen) atoms. The van der Waals surface area contributed by atoms with Crippen molar-refractivity contribution in [3.63, 3.8) is 0 Å². The zero-order valence-corrected chi connectivity index (χ0v) is 14.2. The highest BCUT2D eigenvalue weighted by atomic mass is 16.6. The summed E-state index contributed by atoms with van der Waals surface area (Å²) in [5.74, 6) is 0.385. The lowest BCUT2D eigenvalue weighted by Crippen LogP contribution is -2.32. The minimum absolute atomic E-state index is 0.107. The van der Waals surface area contributed by atoms with Crippen molar-refractivity contribution in [3.8, 4) is 11.5 Å². The van der Waals surface area contributed by atoms with Crippen LogP contribution in [0.3, 0.4) is 0 Å². The highest BCUT2D eigenvalue weighted by Gasteiger charge is 2.17. The van der Waals surface area contributed by atoms with Crippen molar-refractivity contribution in [2.75, 3.05) is 13.7 Å². The molecule has 0 bridgehead atoms. The summed E-state index contributed by atoms with van der Waals surface area (Å²) in [6.45, 7) is 2.25. The van der Waals surface area contributed by atoms with Crippen molar-refractivity contribution in [2.45, 2.75) is 25.5 Å². The van der Waals surface area contributed by atoms with Crippen molar-refractivity contribution in [3.05, 3.63) is 63.7 Å². The Morgan fingerprint density at radius 3 is 2.52 bits per heavy atom. The number of nitrogens with one attached hydrogen (secondary N) is 1. The Hall–Kier alpha value is -2.64. The second kappa shape index (κ2) is 8.46. The van der Waals surface area contributed by atoms with E-state index in [2.05, 4.69) is 5.32 Å². The number of nitro groups is 1. The fourth-order valence-electron chi connectivity index (χ4n) is 2.51. The normalized spacial score (nSPS) is 13.2. The zero-order chi connectivity index (χ0) is 18.4. The van der Waals surface area contributed by atoms with Crippen LogP contribution in [0.5, 0.6) is 11.5 Å². The zero-order valence-electron chi connectivity index (χ0n) is 14.2. The topological polar surface area (TPSA) is 105 Å². The molecular formula is C18H22N2O5. The van der Waals surface area contributed by atoms with E-state index < -0.39 is 22.5 Å². The molecule has 0 saturated carbocycles. The van der Waals surface area contributed by atoms with Gasteiger partial charge in [0.25, 0.3) is 0 Å². The number of aliphatic hydroxyl groups is 1. The van der Waals surface area contributed by atoms with Crippen molar-refractivity contribution < 1.29 is 19.9 Å². The molecule has 2 aromatic carbocycles. The van der Waals surface area contributed by atoms with Crippen molar-refractivity contribution in [1.29, 1.82) is 0 Å². The molecule has 0 aliphatic heterocycles. The number of aliphatic hydroxyl groups excluding tert-OH is 1. The molecule has 0 radical (unpaired) electrons. The minimum Gasteiger partial charge on any atom is -0.502 e. The average Bonchev–Trinajstić information content (AvgIpc) is 2.60. The van der Waals surface area contributed by atoms with Gasteiger partial charge in [0, 0.05) is 18.7 Å². The number of benzene rings is 2. The van der Waals surface area contributed by atoms with E-state index in [-0.39, 0.29) is 12.6 Å². The maximum absolute atomic E-state index is 10.9. The number of hydrogen-bond donors (Lipinski definition) is 3. The molecule has 3 N–H and O–H groups in total. The summed E-state index contributed by atoms with van der Waals surface area (Å²) in [6, 6.07) is 11.7. The third kappa shape index (κ3) is 5.17. The summed E-state index contributed by atoms with van der Waals surface area (Å²) in [5.41, 5.74) is 1.10. The lowest BCUT2D eigenvalue weighted by molar-refractivity contribution is -0.386. The van der Waals surface area contributed by atoms with Gasteiger partial charge in [-0.25, -0.2) is 0 Å². The smallest absolute Gasteiger partial charge is 0.311 e. The van der Waals surface area contributed by atoms with E-state index in [0.29, 0.717) is 5.56 Å². The quantitative estimate of drug-likeness (QED) is 0.501. The molecule has 0 aliphatic carbocycles. The van der Waals surface area contributed by atoms with E-state index >= 15 is 0 Å². The molecule has 0 saturated heterocycles. The van der Waals surface area contributed by atoms with E-state index in [1.54, 1.807) is 7.11 Å². The third-order valence-electron chi connectivity index (χ3n) is 3.94. The molecule has 7 nitrogen and oxygen atoms in total. The Balaban J connectivity index is 1.91. The van der Waals surface area contributed by atoms with Gasteiger partial charge in [-0.3, -0.25) is 10.1 Å². The van der Waals surface area contributed by atoms with Crippen molar-refractivity contribution in [1.82, 2.24) is 5.32 Å². The van der Waals surface area contributed by atoms with E-state index in [9.17, 15) is 20.3 Å². The van der Waals surface area contributed by atoms with E-state index in [4.69, 9.17) is 4.74 Å². The van der Waals surface area contributed by atoms with Gasteiger partial charge in [0.2, 0.25) is 0 Å². The van der Waals surface area contributed by atoms with Crippen molar-refractivity contribution in [2.24, 2.45) is 0 Å². The Morgan fingerprint density at radius 2 is 1.92 bits per heavy atom. The molecule has 2 atom stereocenters. The van der Waals surface area contributed by atoms with Crippen LogP contribution in [0.1, 0.15) is 24.2 Å². The number of methoxy groups -OCH3 is 1. The van der Waals surface area contributed by atoms with Crippen LogP contribution in [-0.4, -0.2) is 34.8 Å². The summed E-state index contributed by atoms with van der Waals surface area (Å²) in [6.07, 6.45) is -0.135. The number of nitro benzene ring substituents is 1.